The van der Waals surface area contributed by atoms with Crippen LogP contribution in [-0.4, -0.2) is 33.8 Å². The van der Waals surface area contributed by atoms with Gasteiger partial charge < -0.3 is 10.1 Å². The van der Waals surface area contributed by atoms with Gasteiger partial charge in [0.1, 0.15) is 11.6 Å². The van der Waals surface area contributed by atoms with Crippen molar-refractivity contribution in [2.24, 2.45) is 4.99 Å². The van der Waals surface area contributed by atoms with E-state index >= 15 is 0 Å². The van der Waals surface area contributed by atoms with E-state index in [2.05, 4.69) is 15.0 Å². The van der Waals surface area contributed by atoms with E-state index in [4.69, 9.17) is 4.74 Å². The minimum Gasteiger partial charge on any atom is -0.497 e. The van der Waals surface area contributed by atoms with Crippen molar-refractivity contribution in [3.63, 3.8) is 0 Å². The number of sulfonamides is 1. The summed E-state index contributed by atoms with van der Waals surface area (Å²) in [6, 6.07) is 13.4. The molecule has 0 saturated carbocycles. The SMILES string of the molecule is COc1cccc(C=CC(=O)Nc2ccc(S(=O)(=O)NC3=NCCCCC3)cc2)c1. The minimum absolute atomic E-state index is 0.124. The van der Waals surface area contributed by atoms with Gasteiger partial charge in [-0.05, 0) is 60.9 Å². The molecule has 1 aliphatic rings. The van der Waals surface area contributed by atoms with Crippen molar-refractivity contribution in [1.82, 2.24) is 4.72 Å². The first-order valence-electron chi connectivity index (χ1n) is 9.75. The molecule has 3 rings (SSSR count). The number of carbonyl (C=O) groups excluding carboxylic acids is 1. The van der Waals surface area contributed by atoms with Crippen molar-refractivity contribution in [2.45, 2.75) is 30.6 Å². The summed E-state index contributed by atoms with van der Waals surface area (Å²) in [5.41, 5.74) is 1.33. The molecule has 30 heavy (non-hydrogen) atoms. The van der Waals surface area contributed by atoms with Gasteiger partial charge in [-0.3, -0.25) is 14.5 Å². The van der Waals surface area contributed by atoms with Gasteiger partial charge in [0.2, 0.25) is 5.91 Å². The van der Waals surface area contributed by atoms with E-state index in [0.717, 1.165) is 24.8 Å². The van der Waals surface area contributed by atoms with Gasteiger partial charge in [-0.25, -0.2) is 8.42 Å². The Hall–Kier alpha value is -3.13. The van der Waals surface area contributed by atoms with Crippen molar-refractivity contribution in [3.05, 3.63) is 60.2 Å². The Labute approximate surface area is 176 Å². The van der Waals surface area contributed by atoms with Gasteiger partial charge >= 0.3 is 0 Å². The molecule has 1 amide bonds. The quantitative estimate of drug-likeness (QED) is 0.689. The van der Waals surface area contributed by atoms with E-state index in [9.17, 15) is 13.2 Å². The molecule has 0 aromatic heterocycles. The predicted molar refractivity (Wildman–Crippen MR) is 118 cm³/mol. The smallest absolute Gasteiger partial charge is 0.262 e. The second-order valence-electron chi connectivity index (χ2n) is 6.87. The van der Waals surface area contributed by atoms with Crippen LogP contribution >= 0.6 is 0 Å². The number of amidine groups is 1. The second kappa shape index (κ2) is 10.1. The maximum atomic E-state index is 12.6. The number of carbonyl (C=O) groups is 1. The van der Waals surface area contributed by atoms with Crippen molar-refractivity contribution >= 4 is 33.5 Å². The molecule has 158 valence electrons. The molecule has 2 aromatic carbocycles. The fourth-order valence-electron chi connectivity index (χ4n) is 2.99. The lowest BCUT2D eigenvalue weighted by Crippen LogP contribution is -2.30. The van der Waals surface area contributed by atoms with E-state index in [1.54, 1.807) is 25.3 Å². The van der Waals surface area contributed by atoms with E-state index in [1.807, 2.05) is 24.3 Å². The monoisotopic (exact) mass is 427 g/mol. The molecule has 0 unspecified atom stereocenters. The number of amides is 1. The van der Waals surface area contributed by atoms with Crippen LogP contribution < -0.4 is 14.8 Å². The summed E-state index contributed by atoms with van der Waals surface area (Å²) in [4.78, 5) is 16.6. The number of nitrogens with zero attached hydrogens (tertiary/aromatic N) is 1. The zero-order chi connectivity index (χ0) is 21.4. The fraction of sp³-hybridized carbons (Fsp3) is 0.273. The number of methoxy groups -OCH3 is 1. The first-order chi connectivity index (χ1) is 14.5. The summed E-state index contributed by atoms with van der Waals surface area (Å²) in [7, 11) is -2.11. The molecule has 0 atom stereocenters. The van der Waals surface area contributed by atoms with Gasteiger partial charge in [0.05, 0.1) is 12.0 Å². The second-order valence-corrected chi connectivity index (χ2v) is 8.55. The molecular weight excluding hydrogens is 402 g/mol. The maximum Gasteiger partial charge on any atom is 0.262 e. The molecule has 0 fully saturated rings. The van der Waals surface area contributed by atoms with E-state index in [-0.39, 0.29) is 10.8 Å². The van der Waals surface area contributed by atoms with Crippen LogP contribution in [0.1, 0.15) is 31.2 Å². The first-order valence-corrected chi connectivity index (χ1v) is 11.2. The van der Waals surface area contributed by atoms with Crippen molar-refractivity contribution in [2.75, 3.05) is 19.0 Å². The van der Waals surface area contributed by atoms with Gasteiger partial charge in [0.15, 0.2) is 0 Å². The number of benzene rings is 2. The van der Waals surface area contributed by atoms with Gasteiger partial charge in [-0.15, -0.1) is 0 Å². The van der Waals surface area contributed by atoms with Gasteiger partial charge in [-0.1, -0.05) is 18.6 Å². The van der Waals surface area contributed by atoms with E-state index in [0.29, 0.717) is 30.2 Å². The highest BCUT2D eigenvalue weighted by atomic mass is 32.2. The van der Waals surface area contributed by atoms with Gasteiger partial charge in [0.25, 0.3) is 10.0 Å². The fourth-order valence-corrected chi connectivity index (χ4v) is 4.08. The van der Waals surface area contributed by atoms with Crippen LogP contribution in [0.15, 0.2) is 64.5 Å². The van der Waals surface area contributed by atoms with E-state index < -0.39 is 10.0 Å². The highest BCUT2D eigenvalue weighted by molar-refractivity contribution is 7.90. The molecule has 7 nitrogen and oxygen atoms in total. The molecule has 2 N–H and O–H groups in total. The summed E-state index contributed by atoms with van der Waals surface area (Å²) >= 11 is 0. The van der Waals surface area contributed by atoms with Crippen LogP contribution in [0, 0.1) is 0 Å². The van der Waals surface area contributed by atoms with Crippen molar-refractivity contribution < 1.29 is 17.9 Å². The Balaban J connectivity index is 1.61. The molecular formula is C22H25N3O4S. The Kier molecular flexibility index (Phi) is 7.24. The van der Waals surface area contributed by atoms with E-state index in [1.165, 1.54) is 18.2 Å². The number of ether oxygens (including phenoxy) is 1. The number of hydrogen-bond acceptors (Lipinski definition) is 5. The molecule has 0 spiro atoms. The number of hydrogen-bond donors (Lipinski definition) is 2. The third-order valence-corrected chi connectivity index (χ3v) is 5.98. The third-order valence-electron chi connectivity index (χ3n) is 4.58. The zero-order valence-corrected chi connectivity index (χ0v) is 17.6. The number of rotatable bonds is 6. The number of aliphatic imine (C=N–C) groups is 1. The topological polar surface area (TPSA) is 96.9 Å². The van der Waals surface area contributed by atoms with Gasteiger partial charge in [0, 0.05) is 24.7 Å². The van der Waals surface area contributed by atoms with Crippen LogP contribution in [0.4, 0.5) is 5.69 Å². The normalized spacial score (nSPS) is 14.6. The lowest BCUT2D eigenvalue weighted by atomic mass is 10.2. The Morgan fingerprint density at radius 3 is 2.67 bits per heavy atom. The standard InChI is InChI=1S/C22H25N3O4S/c1-29-19-7-5-6-17(16-19)9-14-22(26)24-18-10-12-20(13-11-18)30(27,28)25-21-8-3-2-4-15-23-21/h5-7,9-14,16H,2-4,8,15H2,1H3,(H,23,25)(H,24,26). The predicted octanol–water partition coefficient (Wildman–Crippen LogP) is 3.60. The molecule has 2 aromatic rings. The number of nitrogens with one attached hydrogen (secondary N) is 2. The lowest BCUT2D eigenvalue weighted by Gasteiger charge is -2.10. The zero-order valence-electron chi connectivity index (χ0n) is 16.8. The minimum atomic E-state index is -3.69. The maximum absolute atomic E-state index is 12.6. The molecule has 8 heteroatoms. The average Bonchev–Trinajstić information content (AvgIpc) is 3.01. The molecule has 1 heterocycles. The molecule has 0 bridgehead atoms. The lowest BCUT2D eigenvalue weighted by molar-refractivity contribution is -0.111. The molecule has 0 aliphatic carbocycles. The summed E-state index contributed by atoms with van der Waals surface area (Å²) in [6.45, 7) is 0.645. The van der Waals surface area contributed by atoms with Crippen LogP contribution in [0.25, 0.3) is 6.08 Å². The Morgan fingerprint density at radius 1 is 1.10 bits per heavy atom. The summed E-state index contributed by atoms with van der Waals surface area (Å²) < 4.78 is 32.8. The van der Waals surface area contributed by atoms with Crippen LogP contribution in [0.2, 0.25) is 0 Å². The van der Waals surface area contributed by atoms with Crippen molar-refractivity contribution in [1.29, 1.82) is 0 Å². The third kappa shape index (κ3) is 6.18. The van der Waals surface area contributed by atoms with Crippen LogP contribution in [0.3, 0.4) is 0 Å². The molecule has 1 aliphatic heterocycles. The Morgan fingerprint density at radius 2 is 1.90 bits per heavy atom. The summed E-state index contributed by atoms with van der Waals surface area (Å²) in [6.07, 6.45) is 6.67. The highest BCUT2D eigenvalue weighted by Crippen LogP contribution is 2.16. The largest absolute Gasteiger partial charge is 0.497 e. The Bertz CT molecular complexity index is 1040. The average molecular weight is 428 g/mol. The highest BCUT2D eigenvalue weighted by Gasteiger charge is 2.17. The summed E-state index contributed by atoms with van der Waals surface area (Å²) in [5, 5.41) is 2.71. The molecule has 0 radical (unpaired) electrons. The summed E-state index contributed by atoms with van der Waals surface area (Å²) in [5.74, 6) is 0.893. The molecule has 0 saturated heterocycles. The van der Waals surface area contributed by atoms with Crippen LogP contribution in [-0.2, 0) is 14.8 Å². The van der Waals surface area contributed by atoms with Crippen LogP contribution in [0.5, 0.6) is 5.75 Å². The van der Waals surface area contributed by atoms with Crippen molar-refractivity contribution in [3.8, 4) is 5.75 Å². The number of anilines is 1. The first kappa shape index (κ1) is 21.6. The van der Waals surface area contributed by atoms with Gasteiger partial charge in [-0.2, -0.15) is 0 Å².